The molecule has 0 aliphatic heterocycles. The highest BCUT2D eigenvalue weighted by Gasteiger charge is 2.15. The number of methoxy groups -OCH3 is 1. The minimum atomic E-state index is -0.237. The topological polar surface area (TPSA) is 61.2 Å². The Balaban J connectivity index is 1.72. The Hall–Kier alpha value is -2.96. The molecule has 5 nitrogen and oxygen atoms in total. The second-order valence-electron chi connectivity index (χ2n) is 6.17. The van der Waals surface area contributed by atoms with Gasteiger partial charge in [0.05, 0.1) is 25.4 Å². The molecule has 2 aromatic carbocycles. The second kappa shape index (κ2) is 7.58. The van der Waals surface area contributed by atoms with Crippen LogP contribution in [0.5, 0.6) is 5.75 Å². The fraction of sp³-hybridized carbons (Fsp3) is 0.0952. The number of benzene rings is 2. The molecule has 0 bridgehead atoms. The highest BCUT2D eigenvalue weighted by Crippen LogP contribution is 2.31. The van der Waals surface area contributed by atoms with E-state index in [1.807, 2.05) is 29.6 Å². The van der Waals surface area contributed by atoms with E-state index in [0.717, 1.165) is 16.9 Å². The number of carbonyl (C=O) groups is 1. The number of ether oxygens (including phenoxy) is 1. The van der Waals surface area contributed by atoms with Gasteiger partial charge in [-0.05, 0) is 42.0 Å². The van der Waals surface area contributed by atoms with E-state index in [1.54, 1.807) is 31.4 Å². The van der Waals surface area contributed by atoms with E-state index in [2.05, 4.69) is 4.98 Å². The first-order chi connectivity index (χ1) is 13.6. The number of aromatic nitrogens is 2. The van der Waals surface area contributed by atoms with Crippen molar-refractivity contribution in [2.75, 3.05) is 7.11 Å². The van der Waals surface area contributed by atoms with Gasteiger partial charge in [-0.25, -0.2) is 4.98 Å². The average molecular weight is 411 g/mol. The summed E-state index contributed by atoms with van der Waals surface area (Å²) in [7, 11) is 1.61. The molecule has 2 heterocycles. The zero-order valence-corrected chi connectivity index (χ0v) is 16.5. The maximum atomic E-state index is 13.1. The van der Waals surface area contributed by atoms with Crippen LogP contribution in [0.15, 0.2) is 65.0 Å². The molecular formula is C21H15ClN2O3S. The number of rotatable bonds is 5. The Kier molecular flexibility index (Phi) is 4.98. The number of ketones is 1. The van der Waals surface area contributed by atoms with Gasteiger partial charge in [0, 0.05) is 21.5 Å². The summed E-state index contributed by atoms with van der Waals surface area (Å²) in [5, 5.41) is 2.98. The molecule has 0 aliphatic rings. The van der Waals surface area contributed by atoms with Crippen molar-refractivity contribution in [3.63, 3.8) is 0 Å². The van der Waals surface area contributed by atoms with Crippen LogP contribution in [-0.2, 0) is 6.54 Å². The van der Waals surface area contributed by atoms with E-state index in [9.17, 15) is 9.59 Å². The quantitative estimate of drug-likeness (QED) is 0.448. The van der Waals surface area contributed by atoms with Crippen LogP contribution in [0.1, 0.15) is 10.4 Å². The van der Waals surface area contributed by atoms with E-state index in [4.69, 9.17) is 16.3 Å². The summed E-state index contributed by atoms with van der Waals surface area (Å²) in [4.78, 5) is 30.6. The molecular weight excluding hydrogens is 396 g/mol. The van der Waals surface area contributed by atoms with E-state index in [-0.39, 0.29) is 17.9 Å². The molecule has 0 N–H and O–H groups in total. The van der Waals surface area contributed by atoms with Crippen LogP contribution in [0.3, 0.4) is 0 Å². The van der Waals surface area contributed by atoms with Gasteiger partial charge in [-0.15, -0.1) is 11.3 Å². The van der Waals surface area contributed by atoms with E-state index in [0.29, 0.717) is 20.8 Å². The van der Waals surface area contributed by atoms with Gasteiger partial charge in [0.1, 0.15) is 10.6 Å². The second-order valence-corrected chi connectivity index (χ2v) is 7.46. The van der Waals surface area contributed by atoms with Gasteiger partial charge in [-0.2, -0.15) is 0 Å². The lowest BCUT2D eigenvalue weighted by Gasteiger charge is -2.06. The fourth-order valence-electron chi connectivity index (χ4n) is 2.94. The molecule has 4 aromatic rings. The van der Waals surface area contributed by atoms with Crippen LogP contribution in [-0.4, -0.2) is 22.4 Å². The highest BCUT2D eigenvalue weighted by molar-refractivity contribution is 7.17. The summed E-state index contributed by atoms with van der Waals surface area (Å²) in [6.07, 6.45) is 1.42. The minimum absolute atomic E-state index is 0.0820. The monoisotopic (exact) mass is 410 g/mol. The number of fused-ring (bicyclic) bond motifs is 1. The number of hydrogen-bond acceptors (Lipinski definition) is 5. The number of thiophene rings is 1. The SMILES string of the molecule is COc1ccc(-c2csc3ncn(CC(=O)c4ccc(Cl)cc4)c(=O)c23)cc1. The van der Waals surface area contributed by atoms with Crippen LogP contribution in [0.4, 0.5) is 0 Å². The normalized spacial score (nSPS) is 10.9. The molecule has 0 spiro atoms. The Morgan fingerprint density at radius 3 is 2.54 bits per heavy atom. The molecule has 0 amide bonds. The Morgan fingerprint density at radius 2 is 1.86 bits per heavy atom. The standard InChI is InChI=1S/C21H15ClN2O3S/c1-27-16-8-4-13(5-9-16)17-11-28-20-19(17)21(26)24(12-23-20)10-18(25)14-2-6-15(22)7-3-14/h2-9,11-12H,10H2,1H3. The summed E-state index contributed by atoms with van der Waals surface area (Å²) >= 11 is 7.27. The van der Waals surface area contributed by atoms with E-state index >= 15 is 0 Å². The molecule has 0 aliphatic carbocycles. The van der Waals surface area contributed by atoms with Crippen molar-refractivity contribution in [3.8, 4) is 16.9 Å². The maximum absolute atomic E-state index is 13.1. The predicted molar refractivity (Wildman–Crippen MR) is 112 cm³/mol. The first kappa shape index (κ1) is 18.4. The molecule has 28 heavy (non-hydrogen) atoms. The molecule has 140 valence electrons. The predicted octanol–water partition coefficient (Wildman–Crippen LogP) is 4.67. The fourth-order valence-corrected chi connectivity index (χ4v) is 3.98. The molecule has 0 unspecified atom stereocenters. The summed E-state index contributed by atoms with van der Waals surface area (Å²) < 4.78 is 6.53. The van der Waals surface area contributed by atoms with Gasteiger partial charge in [-0.1, -0.05) is 23.7 Å². The van der Waals surface area contributed by atoms with Crippen LogP contribution in [0.2, 0.25) is 5.02 Å². The third-order valence-electron chi connectivity index (χ3n) is 4.44. The van der Waals surface area contributed by atoms with Crippen molar-refractivity contribution in [2.24, 2.45) is 0 Å². The summed E-state index contributed by atoms with van der Waals surface area (Å²) in [5.41, 5.74) is 1.96. The summed E-state index contributed by atoms with van der Waals surface area (Å²) in [6, 6.07) is 14.1. The van der Waals surface area contributed by atoms with Crippen molar-refractivity contribution < 1.29 is 9.53 Å². The lowest BCUT2D eigenvalue weighted by atomic mass is 10.1. The Labute approximate surface area is 169 Å². The molecule has 0 fully saturated rings. The van der Waals surface area contributed by atoms with Crippen molar-refractivity contribution >= 4 is 38.9 Å². The first-order valence-electron chi connectivity index (χ1n) is 8.46. The van der Waals surface area contributed by atoms with Crippen LogP contribution in [0.25, 0.3) is 21.3 Å². The molecule has 2 aromatic heterocycles. The van der Waals surface area contributed by atoms with Gasteiger partial charge in [0.25, 0.3) is 5.56 Å². The maximum Gasteiger partial charge on any atom is 0.263 e. The number of halogens is 1. The Bertz CT molecular complexity index is 1210. The van der Waals surface area contributed by atoms with Gasteiger partial charge >= 0.3 is 0 Å². The highest BCUT2D eigenvalue weighted by atomic mass is 35.5. The average Bonchev–Trinajstić information content (AvgIpc) is 3.15. The summed E-state index contributed by atoms with van der Waals surface area (Å²) in [6.45, 7) is -0.0820. The third-order valence-corrected chi connectivity index (χ3v) is 5.58. The molecule has 4 rings (SSSR count). The largest absolute Gasteiger partial charge is 0.497 e. The summed E-state index contributed by atoms with van der Waals surface area (Å²) in [5.74, 6) is 0.563. The lowest BCUT2D eigenvalue weighted by molar-refractivity contribution is 0.0970. The number of carbonyl (C=O) groups excluding carboxylic acids is 1. The van der Waals surface area contributed by atoms with E-state index in [1.165, 1.54) is 22.2 Å². The van der Waals surface area contributed by atoms with Gasteiger partial charge in [0.15, 0.2) is 5.78 Å². The van der Waals surface area contributed by atoms with Gasteiger partial charge in [-0.3, -0.25) is 14.2 Å². The van der Waals surface area contributed by atoms with E-state index < -0.39 is 0 Å². The molecule has 0 atom stereocenters. The molecule has 0 radical (unpaired) electrons. The first-order valence-corrected chi connectivity index (χ1v) is 9.72. The number of Topliss-reactive ketones (excluding diaryl/α,β-unsaturated/α-hetero) is 1. The van der Waals surface area contributed by atoms with Crippen LogP contribution < -0.4 is 10.3 Å². The van der Waals surface area contributed by atoms with Gasteiger partial charge < -0.3 is 4.74 Å². The van der Waals surface area contributed by atoms with Crippen molar-refractivity contribution in [1.29, 1.82) is 0 Å². The van der Waals surface area contributed by atoms with Crippen LogP contribution in [0, 0.1) is 0 Å². The molecule has 0 saturated heterocycles. The zero-order chi connectivity index (χ0) is 19.7. The smallest absolute Gasteiger partial charge is 0.263 e. The van der Waals surface area contributed by atoms with Crippen molar-refractivity contribution in [1.82, 2.24) is 9.55 Å². The minimum Gasteiger partial charge on any atom is -0.497 e. The van der Waals surface area contributed by atoms with Crippen molar-refractivity contribution in [2.45, 2.75) is 6.54 Å². The molecule has 7 heteroatoms. The van der Waals surface area contributed by atoms with Crippen molar-refractivity contribution in [3.05, 3.63) is 81.2 Å². The van der Waals surface area contributed by atoms with Crippen LogP contribution >= 0.6 is 22.9 Å². The number of hydrogen-bond donors (Lipinski definition) is 0. The third kappa shape index (κ3) is 3.44. The lowest BCUT2D eigenvalue weighted by Crippen LogP contribution is -2.24. The zero-order valence-electron chi connectivity index (χ0n) is 14.9. The molecule has 0 saturated carbocycles. The Morgan fingerprint density at radius 1 is 1.14 bits per heavy atom. The number of nitrogens with zero attached hydrogens (tertiary/aromatic N) is 2. The van der Waals surface area contributed by atoms with Gasteiger partial charge in [0.2, 0.25) is 0 Å².